The molecule has 0 aromatic heterocycles. The summed E-state index contributed by atoms with van der Waals surface area (Å²) in [6.45, 7) is 0. The van der Waals surface area contributed by atoms with E-state index < -0.39 is 0 Å². The molecule has 1 aromatic rings. The number of hydrogen-bond acceptors (Lipinski definition) is 0. The molecule has 0 aliphatic heterocycles. The van der Waals surface area contributed by atoms with Crippen LogP contribution in [0.5, 0.6) is 0 Å². The van der Waals surface area contributed by atoms with Crippen molar-refractivity contribution in [1.82, 2.24) is 0 Å². The Balaban J connectivity index is 2.11. The molecule has 2 rings (SSSR count). The summed E-state index contributed by atoms with van der Waals surface area (Å²) in [4.78, 5) is 0. The lowest BCUT2D eigenvalue weighted by Crippen LogP contribution is -1.90. The maximum atomic E-state index is 3.39. The van der Waals surface area contributed by atoms with E-state index in [2.05, 4.69) is 64.5 Å². The third-order valence-corrected chi connectivity index (χ3v) is 2.92. The van der Waals surface area contributed by atoms with Gasteiger partial charge in [-0.05, 0) is 17.5 Å². The van der Waals surface area contributed by atoms with Crippen molar-refractivity contribution in [2.45, 2.75) is 12.3 Å². The molecule has 0 spiro atoms. The first kappa shape index (κ1) is 9.72. The Morgan fingerprint density at radius 2 is 2.07 bits per heavy atom. The maximum Gasteiger partial charge on any atom is 0.0212 e. The number of halogens is 1. The number of hydrogen-bond donors (Lipinski definition) is 0. The molecule has 14 heavy (non-hydrogen) atoms. The molecule has 0 nitrogen and oxygen atoms in total. The number of alkyl halides is 1. The van der Waals surface area contributed by atoms with E-state index in [9.17, 15) is 0 Å². The minimum Gasteiger partial charge on any atom is -0.0883 e. The van der Waals surface area contributed by atoms with Crippen molar-refractivity contribution < 1.29 is 0 Å². The van der Waals surface area contributed by atoms with Gasteiger partial charge in [-0.2, -0.15) is 0 Å². The Bertz CT molecular complexity index is 363. The lowest BCUT2D eigenvalue weighted by atomic mass is 9.98. The molecule has 1 aliphatic carbocycles. The Morgan fingerprint density at radius 3 is 2.93 bits per heavy atom. The highest BCUT2D eigenvalue weighted by Gasteiger charge is 2.14. The van der Waals surface area contributed by atoms with Gasteiger partial charge in [0.25, 0.3) is 0 Å². The molecule has 0 bridgehead atoms. The minimum absolute atomic E-state index is 0.585. The molecule has 1 heteroatoms. The third-order valence-electron chi connectivity index (χ3n) is 2.55. The van der Waals surface area contributed by atoms with Gasteiger partial charge in [0.1, 0.15) is 0 Å². The lowest BCUT2D eigenvalue weighted by molar-refractivity contribution is 0.879. The fourth-order valence-electron chi connectivity index (χ4n) is 1.84. The van der Waals surface area contributed by atoms with Crippen LogP contribution in [0.4, 0.5) is 0 Å². The van der Waals surface area contributed by atoms with Crippen molar-refractivity contribution in [3.8, 4) is 0 Å². The van der Waals surface area contributed by atoms with Gasteiger partial charge in [0.15, 0.2) is 0 Å². The van der Waals surface area contributed by atoms with E-state index in [0.717, 1.165) is 11.8 Å². The van der Waals surface area contributed by atoms with E-state index in [1.165, 1.54) is 11.1 Å². The summed E-state index contributed by atoms with van der Waals surface area (Å²) in [7, 11) is 0. The molecule has 0 radical (unpaired) electrons. The molecule has 1 atom stereocenters. The summed E-state index contributed by atoms with van der Waals surface area (Å²) in [5.41, 5.74) is 2.84. The van der Waals surface area contributed by atoms with Gasteiger partial charge in [0.2, 0.25) is 0 Å². The second kappa shape index (κ2) is 4.61. The molecule has 0 saturated carbocycles. The predicted octanol–water partition coefficient (Wildman–Crippen LogP) is 4.14. The second-order valence-electron chi connectivity index (χ2n) is 3.46. The van der Waals surface area contributed by atoms with Crippen LogP contribution in [0.25, 0.3) is 6.08 Å². The molecule has 0 saturated heterocycles. The fraction of sp³-hybridized carbons (Fsp3) is 0.231. The van der Waals surface area contributed by atoms with Crippen LogP contribution >= 0.6 is 15.9 Å². The largest absolute Gasteiger partial charge is 0.0883 e. The highest BCUT2D eigenvalue weighted by atomic mass is 79.9. The molecule has 0 heterocycles. The zero-order valence-electron chi connectivity index (χ0n) is 7.99. The maximum absolute atomic E-state index is 3.39. The molecule has 0 fully saturated rings. The number of benzene rings is 1. The number of fused-ring (bicyclic) bond motifs is 1. The van der Waals surface area contributed by atoms with Gasteiger partial charge < -0.3 is 0 Å². The quantitative estimate of drug-likeness (QED) is 0.558. The zero-order valence-corrected chi connectivity index (χ0v) is 9.57. The zero-order chi connectivity index (χ0) is 9.80. The SMILES string of the molecule is BrCC=CCC1C=Cc2ccccc21. The first-order valence-corrected chi connectivity index (χ1v) is 6.02. The fourth-order valence-corrected chi connectivity index (χ4v) is 2.10. The highest BCUT2D eigenvalue weighted by Crippen LogP contribution is 2.32. The van der Waals surface area contributed by atoms with Crippen LogP contribution in [-0.2, 0) is 0 Å². The Labute approximate surface area is 93.5 Å². The van der Waals surface area contributed by atoms with Crippen LogP contribution in [0, 0.1) is 0 Å². The van der Waals surface area contributed by atoms with E-state index in [1.807, 2.05) is 0 Å². The van der Waals surface area contributed by atoms with Crippen LogP contribution < -0.4 is 0 Å². The lowest BCUT2D eigenvalue weighted by Gasteiger charge is -2.07. The normalized spacial score (nSPS) is 19.1. The minimum atomic E-state index is 0.585. The molecular formula is C13H13Br. The summed E-state index contributed by atoms with van der Waals surface area (Å²) in [6, 6.07) is 8.62. The number of rotatable bonds is 3. The average Bonchev–Trinajstić information content (AvgIpc) is 2.63. The second-order valence-corrected chi connectivity index (χ2v) is 4.10. The molecule has 1 aliphatic rings. The van der Waals surface area contributed by atoms with E-state index in [-0.39, 0.29) is 0 Å². The van der Waals surface area contributed by atoms with Crippen LogP contribution in [0.1, 0.15) is 23.5 Å². The first-order chi connectivity index (χ1) is 6.92. The van der Waals surface area contributed by atoms with Gasteiger partial charge in [-0.25, -0.2) is 0 Å². The number of allylic oxidation sites excluding steroid dienone is 3. The van der Waals surface area contributed by atoms with E-state index >= 15 is 0 Å². The molecule has 72 valence electrons. The monoisotopic (exact) mass is 248 g/mol. The summed E-state index contributed by atoms with van der Waals surface area (Å²) >= 11 is 3.39. The Morgan fingerprint density at radius 1 is 1.21 bits per heavy atom. The topological polar surface area (TPSA) is 0 Å². The van der Waals surface area contributed by atoms with Crippen molar-refractivity contribution in [1.29, 1.82) is 0 Å². The highest BCUT2D eigenvalue weighted by molar-refractivity contribution is 9.09. The van der Waals surface area contributed by atoms with Crippen LogP contribution in [-0.4, -0.2) is 5.33 Å². The first-order valence-electron chi connectivity index (χ1n) is 4.90. The van der Waals surface area contributed by atoms with Gasteiger partial charge in [-0.15, -0.1) is 0 Å². The van der Waals surface area contributed by atoms with E-state index in [1.54, 1.807) is 0 Å². The predicted molar refractivity (Wildman–Crippen MR) is 65.8 cm³/mol. The average molecular weight is 249 g/mol. The third kappa shape index (κ3) is 1.98. The van der Waals surface area contributed by atoms with Gasteiger partial charge in [-0.1, -0.05) is 64.5 Å². The van der Waals surface area contributed by atoms with Gasteiger partial charge in [0, 0.05) is 11.2 Å². The van der Waals surface area contributed by atoms with Crippen LogP contribution in [0.15, 0.2) is 42.5 Å². The van der Waals surface area contributed by atoms with E-state index in [0.29, 0.717) is 5.92 Å². The van der Waals surface area contributed by atoms with Gasteiger partial charge in [0.05, 0.1) is 0 Å². The van der Waals surface area contributed by atoms with Crippen LogP contribution in [0.2, 0.25) is 0 Å². The smallest absolute Gasteiger partial charge is 0.0212 e. The summed E-state index contributed by atoms with van der Waals surface area (Å²) in [5, 5.41) is 0.949. The molecule has 1 unspecified atom stereocenters. The standard InChI is InChI=1S/C13H13Br/c14-10-4-3-6-12-9-8-11-5-1-2-7-13(11)12/h1-5,7-9,12H,6,10H2. The Kier molecular flexibility index (Phi) is 3.20. The van der Waals surface area contributed by atoms with Gasteiger partial charge in [-0.3, -0.25) is 0 Å². The molecular weight excluding hydrogens is 236 g/mol. The van der Waals surface area contributed by atoms with Crippen LogP contribution in [0.3, 0.4) is 0 Å². The molecule has 1 aromatic carbocycles. The van der Waals surface area contributed by atoms with E-state index in [4.69, 9.17) is 0 Å². The van der Waals surface area contributed by atoms with Crippen molar-refractivity contribution in [3.05, 3.63) is 53.6 Å². The van der Waals surface area contributed by atoms with Crippen molar-refractivity contribution in [2.24, 2.45) is 0 Å². The Hall–Kier alpha value is -0.820. The molecule has 0 amide bonds. The van der Waals surface area contributed by atoms with Crippen molar-refractivity contribution >= 4 is 22.0 Å². The van der Waals surface area contributed by atoms with Crippen molar-refractivity contribution in [2.75, 3.05) is 5.33 Å². The van der Waals surface area contributed by atoms with Gasteiger partial charge >= 0.3 is 0 Å². The summed E-state index contributed by atoms with van der Waals surface area (Å²) in [6.07, 6.45) is 10.0. The summed E-state index contributed by atoms with van der Waals surface area (Å²) in [5.74, 6) is 0.585. The summed E-state index contributed by atoms with van der Waals surface area (Å²) < 4.78 is 0. The molecule has 0 N–H and O–H groups in total. The van der Waals surface area contributed by atoms with Crippen molar-refractivity contribution in [3.63, 3.8) is 0 Å².